The molecule has 0 aliphatic carbocycles. The van der Waals surface area contributed by atoms with E-state index in [1.807, 2.05) is 20.8 Å². The van der Waals surface area contributed by atoms with Crippen LogP contribution in [0.25, 0.3) is 0 Å². The molecule has 0 aromatic heterocycles. The molecule has 2 aliphatic rings. The Morgan fingerprint density at radius 2 is 1.85 bits per heavy atom. The quantitative estimate of drug-likeness (QED) is 0.837. The van der Waals surface area contributed by atoms with Crippen molar-refractivity contribution in [2.24, 2.45) is 0 Å². The summed E-state index contributed by atoms with van der Waals surface area (Å²) in [5, 5.41) is 3.69. The third-order valence-corrected chi connectivity index (χ3v) is 3.96. The zero-order valence-corrected chi connectivity index (χ0v) is 13.3. The van der Waals surface area contributed by atoms with E-state index < -0.39 is 5.60 Å². The molecule has 5 nitrogen and oxygen atoms in total. The van der Waals surface area contributed by atoms with E-state index in [4.69, 9.17) is 4.74 Å². The SMILES string of the molecule is CN1CCCC(NC2CN(C(=O)OC(C)(C)C)C2)CC1. The van der Waals surface area contributed by atoms with Crippen molar-refractivity contribution in [3.05, 3.63) is 0 Å². The molecule has 2 saturated heterocycles. The molecule has 0 bridgehead atoms. The van der Waals surface area contributed by atoms with Crippen LogP contribution in [0.15, 0.2) is 0 Å². The molecule has 1 unspecified atom stereocenters. The van der Waals surface area contributed by atoms with Crippen LogP contribution >= 0.6 is 0 Å². The summed E-state index contributed by atoms with van der Waals surface area (Å²) in [6, 6.07) is 1.04. The molecule has 1 N–H and O–H groups in total. The zero-order valence-electron chi connectivity index (χ0n) is 13.3. The molecule has 0 aromatic rings. The first-order valence-corrected chi connectivity index (χ1v) is 7.76. The number of nitrogens with zero attached hydrogens (tertiary/aromatic N) is 2. The molecule has 0 spiro atoms. The summed E-state index contributed by atoms with van der Waals surface area (Å²) in [6.07, 6.45) is 3.53. The predicted molar refractivity (Wildman–Crippen MR) is 79.9 cm³/mol. The smallest absolute Gasteiger partial charge is 0.410 e. The van der Waals surface area contributed by atoms with Crippen molar-refractivity contribution in [2.75, 3.05) is 33.2 Å². The van der Waals surface area contributed by atoms with Crippen LogP contribution < -0.4 is 5.32 Å². The number of carbonyl (C=O) groups is 1. The second-order valence-electron chi connectivity index (χ2n) is 7.18. The van der Waals surface area contributed by atoms with E-state index in [9.17, 15) is 4.79 Å². The minimum Gasteiger partial charge on any atom is -0.444 e. The third-order valence-electron chi connectivity index (χ3n) is 3.96. The molecule has 2 rings (SSSR count). The normalized spacial score (nSPS) is 26.0. The van der Waals surface area contributed by atoms with E-state index >= 15 is 0 Å². The highest BCUT2D eigenvalue weighted by molar-refractivity contribution is 5.69. The van der Waals surface area contributed by atoms with Gasteiger partial charge in [-0.1, -0.05) is 0 Å². The van der Waals surface area contributed by atoms with Gasteiger partial charge in [0.05, 0.1) is 0 Å². The van der Waals surface area contributed by atoms with Crippen molar-refractivity contribution in [1.29, 1.82) is 0 Å². The lowest BCUT2D eigenvalue weighted by Crippen LogP contribution is -2.62. The summed E-state index contributed by atoms with van der Waals surface area (Å²) in [5.41, 5.74) is -0.401. The summed E-state index contributed by atoms with van der Waals surface area (Å²) in [7, 11) is 2.19. The minimum atomic E-state index is -0.401. The second kappa shape index (κ2) is 6.31. The molecule has 5 heteroatoms. The number of carbonyl (C=O) groups excluding carboxylic acids is 1. The van der Waals surface area contributed by atoms with Crippen LogP contribution in [-0.4, -0.2) is 66.8 Å². The van der Waals surface area contributed by atoms with E-state index in [1.54, 1.807) is 4.90 Å². The third kappa shape index (κ3) is 4.63. The van der Waals surface area contributed by atoms with Gasteiger partial charge in [0.1, 0.15) is 5.60 Å². The lowest BCUT2D eigenvalue weighted by Gasteiger charge is -2.41. The zero-order chi connectivity index (χ0) is 14.8. The topological polar surface area (TPSA) is 44.8 Å². The minimum absolute atomic E-state index is 0.184. The van der Waals surface area contributed by atoms with Gasteiger partial charge in [-0.25, -0.2) is 4.79 Å². The second-order valence-corrected chi connectivity index (χ2v) is 7.18. The first-order chi connectivity index (χ1) is 9.33. The number of rotatable bonds is 2. The standard InChI is InChI=1S/C15H29N3O2/c1-15(2,3)20-14(19)18-10-13(11-18)16-12-6-5-8-17(4)9-7-12/h12-13,16H,5-11H2,1-4H3. The maximum atomic E-state index is 11.8. The molecule has 1 atom stereocenters. The van der Waals surface area contributed by atoms with Gasteiger partial charge in [0.25, 0.3) is 0 Å². The molecule has 20 heavy (non-hydrogen) atoms. The van der Waals surface area contributed by atoms with Gasteiger partial charge in [-0.05, 0) is 60.2 Å². The number of hydrogen-bond donors (Lipinski definition) is 1. The lowest BCUT2D eigenvalue weighted by molar-refractivity contribution is 0.00398. The highest BCUT2D eigenvalue weighted by Gasteiger charge is 2.34. The van der Waals surface area contributed by atoms with E-state index in [2.05, 4.69) is 17.3 Å². The van der Waals surface area contributed by atoms with Crippen LogP contribution in [0.1, 0.15) is 40.0 Å². The number of amides is 1. The van der Waals surface area contributed by atoms with Crippen LogP contribution in [0.3, 0.4) is 0 Å². The molecule has 2 heterocycles. The molecular weight excluding hydrogens is 254 g/mol. The van der Waals surface area contributed by atoms with Crippen molar-refractivity contribution in [3.63, 3.8) is 0 Å². The summed E-state index contributed by atoms with van der Waals surface area (Å²) >= 11 is 0. The Bertz CT molecular complexity index is 335. The van der Waals surface area contributed by atoms with E-state index in [0.29, 0.717) is 12.1 Å². The Labute approximate surface area is 122 Å². The fraction of sp³-hybridized carbons (Fsp3) is 0.933. The first kappa shape index (κ1) is 15.6. The van der Waals surface area contributed by atoms with E-state index in [0.717, 1.165) is 13.1 Å². The van der Waals surface area contributed by atoms with E-state index in [-0.39, 0.29) is 6.09 Å². The molecule has 0 saturated carbocycles. The largest absolute Gasteiger partial charge is 0.444 e. The summed E-state index contributed by atoms with van der Waals surface area (Å²) in [5.74, 6) is 0. The molecule has 0 aromatic carbocycles. The van der Waals surface area contributed by atoms with Crippen molar-refractivity contribution in [3.8, 4) is 0 Å². The van der Waals surface area contributed by atoms with Gasteiger partial charge in [0, 0.05) is 25.2 Å². The van der Waals surface area contributed by atoms with E-state index in [1.165, 1.54) is 32.4 Å². The average molecular weight is 283 g/mol. The van der Waals surface area contributed by atoms with Gasteiger partial charge in [-0.2, -0.15) is 0 Å². The Hall–Kier alpha value is -0.810. The average Bonchev–Trinajstić information content (AvgIpc) is 2.45. The van der Waals surface area contributed by atoms with Gasteiger partial charge in [0.15, 0.2) is 0 Å². The van der Waals surface area contributed by atoms with Crippen molar-refractivity contribution in [2.45, 2.75) is 57.7 Å². The maximum Gasteiger partial charge on any atom is 0.410 e. The molecule has 2 fully saturated rings. The summed E-state index contributed by atoms with van der Waals surface area (Å²) < 4.78 is 5.37. The number of ether oxygens (including phenoxy) is 1. The number of hydrogen-bond acceptors (Lipinski definition) is 4. The fourth-order valence-electron chi connectivity index (χ4n) is 2.80. The highest BCUT2D eigenvalue weighted by Crippen LogP contribution is 2.17. The van der Waals surface area contributed by atoms with Crippen LogP contribution in [0.2, 0.25) is 0 Å². The molecule has 0 radical (unpaired) electrons. The van der Waals surface area contributed by atoms with Crippen LogP contribution in [-0.2, 0) is 4.74 Å². The lowest BCUT2D eigenvalue weighted by atomic mass is 10.0. The highest BCUT2D eigenvalue weighted by atomic mass is 16.6. The molecular formula is C15H29N3O2. The monoisotopic (exact) mass is 283 g/mol. The van der Waals surface area contributed by atoms with Gasteiger partial charge in [-0.3, -0.25) is 0 Å². The summed E-state index contributed by atoms with van der Waals surface area (Å²) in [6.45, 7) is 9.64. The molecule has 1 amide bonds. The van der Waals surface area contributed by atoms with Gasteiger partial charge in [0.2, 0.25) is 0 Å². The Balaban J connectivity index is 1.67. The van der Waals surface area contributed by atoms with Crippen LogP contribution in [0, 0.1) is 0 Å². The fourth-order valence-corrected chi connectivity index (χ4v) is 2.80. The predicted octanol–water partition coefficient (Wildman–Crippen LogP) is 1.68. The van der Waals surface area contributed by atoms with Crippen LogP contribution in [0.5, 0.6) is 0 Å². The first-order valence-electron chi connectivity index (χ1n) is 7.76. The Kier molecular flexibility index (Phi) is 4.91. The molecule has 2 aliphatic heterocycles. The Morgan fingerprint density at radius 3 is 2.50 bits per heavy atom. The Morgan fingerprint density at radius 1 is 1.15 bits per heavy atom. The number of likely N-dealkylation sites (tertiary alicyclic amines) is 2. The molecule has 116 valence electrons. The van der Waals surface area contributed by atoms with Gasteiger partial charge in [-0.15, -0.1) is 0 Å². The van der Waals surface area contributed by atoms with Crippen molar-refractivity contribution >= 4 is 6.09 Å². The maximum absolute atomic E-state index is 11.8. The van der Waals surface area contributed by atoms with Gasteiger partial charge >= 0.3 is 6.09 Å². The van der Waals surface area contributed by atoms with Gasteiger partial charge < -0.3 is 19.9 Å². The number of nitrogens with one attached hydrogen (secondary N) is 1. The van der Waals surface area contributed by atoms with Crippen molar-refractivity contribution < 1.29 is 9.53 Å². The van der Waals surface area contributed by atoms with Crippen LogP contribution in [0.4, 0.5) is 4.79 Å². The summed E-state index contributed by atoms with van der Waals surface area (Å²) in [4.78, 5) is 16.0. The van der Waals surface area contributed by atoms with Crippen molar-refractivity contribution in [1.82, 2.24) is 15.1 Å².